The number of aromatic nitrogens is 1. The van der Waals surface area contributed by atoms with Gasteiger partial charge in [0, 0.05) is 12.6 Å². The zero-order chi connectivity index (χ0) is 18.9. The van der Waals surface area contributed by atoms with Crippen molar-refractivity contribution in [3.63, 3.8) is 0 Å². The summed E-state index contributed by atoms with van der Waals surface area (Å²) in [5.41, 5.74) is 1.30. The van der Waals surface area contributed by atoms with Gasteiger partial charge in [0.05, 0.1) is 17.9 Å². The predicted octanol–water partition coefficient (Wildman–Crippen LogP) is 2.62. The number of nitrogens with one attached hydrogen (secondary N) is 3. The Morgan fingerprint density at radius 3 is 2.54 bits per heavy atom. The van der Waals surface area contributed by atoms with E-state index in [4.69, 9.17) is 4.74 Å². The molecule has 0 aliphatic rings. The smallest absolute Gasteiger partial charge is 0.319 e. The molecule has 1 aromatic heterocycles. The second kappa shape index (κ2) is 9.36. The molecule has 0 aliphatic carbocycles. The molecular weight excluding hydrogens is 339 g/mol. The van der Waals surface area contributed by atoms with E-state index in [1.54, 1.807) is 31.2 Å². The molecule has 1 atom stereocenters. The summed E-state index contributed by atoms with van der Waals surface area (Å²) >= 11 is 0. The molecule has 0 radical (unpaired) electrons. The Kier molecular flexibility index (Phi) is 6.90. The van der Waals surface area contributed by atoms with Crippen LogP contribution in [-0.2, 0) is 4.79 Å². The number of carbonyl (C=O) groups excluding carboxylic acids is 2. The summed E-state index contributed by atoms with van der Waals surface area (Å²) in [5, 5.41) is 7.97. The molecule has 0 aliphatic heterocycles. The predicted molar refractivity (Wildman–Crippen MR) is 95.4 cm³/mol. The monoisotopic (exact) mass is 360 g/mol. The minimum atomic E-state index is -0.327. The van der Waals surface area contributed by atoms with E-state index in [1.165, 1.54) is 18.3 Å². The lowest BCUT2D eigenvalue weighted by molar-refractivity contribution is -0.123. The molecule has 2 aromatic rings. The molecule has 26 heavy (non-hydrogen) atoms. The molecule has 0 fully saturated rings. The Morgan fingerprint density at radius 1 is 1.19 bits per heavy atom. The third-order valence-corrected chi connectivity index (χ3v) is 3.43. The van der Waals surface area contributed by atoms with Crippen molar-refractivity contribution in [2.24, 2.45) is 0 Å². The number of rotatable bonds is 7. The highest BCUT2D eigenvalue weighted by atomic mass is 19.1. The third kappa shape index (κ3) is 6.04. The second-order valence-corrected chi connectivity index (χ2v) is 5.50. The van der Waals surface area contributed by atoms with Gasteiger partial charge in [0.2, 0.25) is 5.88 Å². The van der Waals surface area contributed by atoms with Crippen LogP contribution in [0.3, 0.4) is 0 Å². The van der Waals surface area contributed by atoms with Gasteiger partial charge in [-0.2, -0.15) is 0 Å². The van der Waals surface area contributed by atoms with Gasteiger partial charge in [0.15, 0.2) is 6.61 Å². The van der Waals surface area contributed by atoms with E-state index in [1.807, 2.05) is 6.92 Å². The minimum absolute atomic E-state index is 0.207. The van der Waals surface area contributed by atoms with Gasteiger partial charge in [0.1, 0.15) is 5.82 Å². The number of pyridine rings is 1. The molecule has 2 rings (SSSR count). The highest BCUT2D eigenvalue weighted by Gasteiger charge is 2.10. The van der Waals surface area contributed by atoms with E-state index in [0.717, 1.165) is 5.56 Å². The number of nitrogens with zero attached hydrogens (tertiary/aromatic N) is 1. The van der Waals surface area contributed by atoms with Gasteiger partial charge in [-0.3, -0.25) is 4.79 Å². The maximum atomic E-state index is 12.9. The number of hydrogen-bond donors (Lipinski definition) is 3. The van der Waals surface area contributed by atoms with Gasteiger partial charge in [0.25, 0.3) is 5.91 Å². The van der Waals surface area contributed by atoms with Crippen molar-refractivity contribution in [3.05, 3.63) is 54.0 Å². The van der Waals surface area contributed by atoms with Crippen molar-refractivity contribution >= 4 is 17.6 Å². The number of halogens is 1. The second-order valence-electron chi connectivity index (χ2n) is 5.50. The van der Waals surface area contributed by atoms with Crippen molar-refractivity contribution < 1.29 is 18.7 Å². The Morgan fingerprint density at radius 2 is 1.92 bits per heavy atom. The Bertz CT molecular complexity index is 735. The van der Waals surface area contributed by atoms with Crippen LogP contribution < -0.4 is 20.7 Å². The fourth-order valence-electron chi connectivity index (χ4n) is 2.13. The largest absolute Gasteiger partial charge is 0.468 e. The molecular formula is C18H21FN4O3. The fourth-order valence-corrected chi connectivity index (χ4v) is 2.13. The van der Waals surface area contributed by atoms with Gasteiger partial charge in [-0.15, -0.1) is 0 Å². The normalized spacial score (nSPS) is 11.3. The van der Waals surface area contributed by atoms with Crippen LogP contribution in [0.15, 0.2) is 42.6 Å². The van der Waals surface area contributed by atoms with Crippen molar-refractivity contribution in [1.29, 1.82) is 0 Å². The van der Waals surface area contributed by atoms with Gasteiger partial charge in [-0.1, -0.05) is 12.1 Å². The molecule has 0 spiro atoms. The molecule has 0 saturated carbocycles. The highest BCUT2D eigenvalue weighted by molar-refractivity contribution is 5.88. The number of hydrogen-bond acceptors (Lipinski definition) is 4. The fraction of sp³-hybridized carbons (Fsp3) is 0.278. The van der Waals surface area contributed by atoms with Crippen molar-refractivity contribution in [2.45, 2.75) is 19.9 Å². The minimum Gasteiger partial charge on any atom is -0.468 e. The average Bonchev–Trinajstić information content (AvgIpc) is 2.62. The first-order chi connectivity index (χ1) is 12.5. The van der Waals surface area contributed by atoms with E-state index in [-0.39, 0.29) is 36.3 Å². The number of amides is 3. The van der Waals surface area contributed by atoms with Crippen molar-refractivity contribution in [2.75, 3.05) is 18.5 Å². The lowest BCUT2D eigenvalue weighted by Crippen LogP contribution is -2.31. The van der Waals surface area contributed by atoms with Crippen LogP contribution in [0.1, 0.15) is 25.5 Å². The summed E-state index contributed by atoms with van der Waals surface area (Å²) < 4.78 is 18.2. The molecule has 1 heterocycles. The number of urea groups is 1. The molecule has 0 unspecified atom stereocenters. The molecule has 1 aromatic carbocycles. The highest BCUT2D eigenvalue weighted by Crippen LogP contribution is 2.13. The summed E-state index contributed by atoms with van der Waals surface area (Å²) in [4.78, 5) is 27.4. The first-order valence-corrected chi connectivity index (χ1v) is 8.16. The zero-order valence-corrected chi connectivity index (χ0v) is 14.6. The van der Waals surface area contributed by atoms with Crippen LogP contribution in [0.5, 0.6) is 5.88 Å². The van der Waals surface area contributed by atoms with Crippen LogP contribution in [0.4, 0.5) is 14.9 Å². The van der Waals surface area contributed by atoms with Gasteiger partial charge in [-0.05, 0) is 37.6 Å². The topological polar surface area (TPSA) is 92.4 Å². The van der Waals surface area contributed by atoms with Gasteiger partial charge in [-0.25, -0.2) is 14.2 Å². The average molecular weight is 360 g/mol. The zero-order valence-electron chi connectivity index (χ0n) is 14.6. The van der Waals surface area contributed by atoms with E-state index in [2.05, 4.69) is 20.9 Å². The van der Waals surface area contributed by atoms with Gasteiger partial charge < -0.3 is 20.7 Å². The number of anilines is 1. The number of carbonyl (C=O) groups is 2. The Hall–Kier alpha value is -3.16. The lowest BCUT2D eigenvalue weighted by atomic mass is 10.1. The molecule has 0 saturated heterocycles. The summed E-state index contributed by atoms with van der Waals surface area (Å²) in [5.74, 6) is -0.393. The van der Waals surface area contributed by atoms with Gasteiger partial charge >= 0.3 is 6.03 Å². The molecule has 3 amide bonds. The first kappa shape index (κ1) is 19.2. The molecule has 138 valence electrons. The summed E-state index contributed by atoms with van der Waals surface area (Å²) in [7, 11) is 0. The summed E-state index contributed by atoms with van der Waals surface area (Å²) in [6.07, 6.45) is 1.43. The van der Waals surface area contributed by atoms with Crippen LogP contribution in [0.2, 0.25) is 0 Å². The lowest BCUT2D eigenvalue weighted by Gasteiger charge is -2.14. The van der Waals surface area contributed by atoms with Crippen LogP contribution >= 0.6 is 0 Å². The third-order valence-electron chi connectivity index (χ3n) is 3.43. The maximum Gasteiger partial charge on any atom is 0.319 e. The SMILES string of the molecule is CCNC(=O)Nc1ccc(OCC(=O)N[C@@H](C)c2ccc(F)cc2)nc1. The van der Waals surface area contributed by atoms with Crippen LogP contribution in [0, 0.1) is 5.82 Å². The van der Waals surface area contributed by atoms with Crippen molar-refractivity contribution in [3.8, 4) is 5.88 Å². The van der Waals surface area contributed by atoms with E-state index in [0.29, 0.717) is 12.2 Å². The van der Waals surface area contributed by atoms with E-state index in [9.17, 15) is 14.0 Å². The molecule has 0 bridgehead atoms. The quantitative estimate of drug-likeness (QED) is 0.708. The molecule has 3 N–H and O–H groups in total. The summed E-state index contributed by atoms with van der Waals surface area (Å²) in [6.45, 7) is 3.93. The maximum absolute atomic E-state index is 12.9. The van der Waals surface area contributed by atoms with E-state index >= 15 is 0 Å². The van der Waals surface area contributed by atoms with Crippen molar-refractivity contribution in [1.82, 2.24) is 15.6 Å². The Labute approximate surface area is 151 Å². The van der Waals surface area contributed by atoms with E-state index < -0.39 is 0 Å². The standard InChI is InChI=1S/C18H21FN4O3/c1-3-20-18(25)23-15-8-9-17(21-10-15)26-11-16(24)22-12(2)13-4-6-14(19)7-5-13/h4-10,12H,3,11H2,1-2H3,(H,22,24)(H2,20,23,25)/t12-/m0/s1. The first-order valence-electron chi connectivity index (χ1n) is 8.16. The molecule has 7 nitrogen and oxygen atoms in total. The summed E-state index contributed by atoms with van der Waals surface area (Å²) in [6, 6.07) is 8.49. The van der Waals surface area contributed by atoms with Crippen LogP contribution in [-0.4, -0.2) is 30.1 Å². The Balaban J connectivity index is 1.79. The number of ether oxygens (including phenoxy) is 1. The molecule has 8 heteroatoms. The number of benzene rings is 1. The van der Waals surface area contributed by atoms with Crippen LogP contribution in [0.25, 0.3) is 0 Å².